The van der Waals surface area contributed by atoms with Crippen molar-refractivity contribution in [1.29, 1.82) is 5.26 Å². The van der Waals surface area contributed by atoms with E-state index in [-0.39, 0.29) is 5.17 Å². The van der Waals surface area contributed by atoms with Gasteiger partial charge in [-0.05, 0) is 11.6 Å². The lowest BCUT2D eigenvalue weighted by Crippen LogP contribution is -2.25. The lowest BCUT2D eigenvalue weighted by atomic mass is 10.6. The SMILES string of the molecule is N#C/C(Cl)=N/SN1CCSCC1. The third-order valence-corrected chi connectivity index (χ3v) is 3.37. The maximum atomic E-state index is 8.32. The highest BCUT2D eigenvalue weighted by Gasteiger charge is 2.10. The molecule has 0 amide bonds. The molecule has 0 N–H and O–H groups in total. The van der Waals surface area contributed by atoms with Crippen molar-refractivity contribution < 1.29 is 0 Å². The van der Waals surface area contributed by atoms with E-state index in [0.29, 0.717) is 0 Å². The highest BCUT2D eigenvalue weighted by Crippen LogP contribution is 2.18. The van der Waals surface area contributed by atoms with Gasteiger partial charge in [0, 0.05) is 24.6 Å². The Bertz CT molecular complexity index is 207. The minimum atomic E-state index is 0.0122. The zero-order valence-corrected chi connectivity index (χ0v) is 8.75. The summed E-state index contributed by atoms with van der Waals surface area (Å²) < 4.78 is 5.93. The molecule has 0 radical (unpaired) electrons. The van der Waals surface area contributed by atoms with Crippen LogP contribution in [0.5, 0.6) is 0 Å². The van der Waals surface area contributed by atoms with Gasteiger partial charge in [0.15, 0.2) is 0 Å². The molecule has 1 rings (SSSR count). The van der Waals surface area contributed by atoms with Gasteiger partial charge in [0.25, 0.3) is 0 Å². The van der Waals surface area contributed by atoms with Gasteiger partial charge in [-0.1, -0.05) is 0 Å². The first-order chi connectivity index (χ1) is 5.83. The van der Waals surface area contributed by atoms with Crippen molar-refractivity contribution in [1.82, 2.24) is 4.31 Å². The molecular formula is C6H8ClN3S2. The normalized spacial score (nSPS) is 20.5. The Morgan fingerprint density at radius 1 is 1.58 bits per heavy atom. The topological polar surface area (TPSA) is 39.4 Å². The van der Waals surface area contributed by atoms with Crippen LogP contribution in [0.4, 0.5) is 0 Å². The number of thioether (sulfide) groups is 1. The van der Waals surface area contributed by atoms with E-state index in [9.17, 15) is 0 Å². The average molecular weight is 222 g/mol. The number of hydrogen-bond donors (Lipinski definition) is 0. The van der Waals surface area contributed by atoms with E-state index in [0.717, 1.165) is 24.6 Å². The van der Waals surface area contributed by atoms with E-state index in [4.69, 9.17) is 16.9 Å². The molecule has 0 aromatic carbocycles. The molecule has 0 saturated carbocycles. The Hall–Kier alpha value is 0.110. The molecule has 1 aliphatic rings. The fraction of sp³-hybridized carbons (Fsp3) is 0.667. The maximum Gasteiger partial charge on any atom is 0.215 e. The molecule has 3 nitrogen and oxygen atoms in total. The first kappa shape index (κ1) is 10.2. The van der Waals surface area contributed by atoms with Gasteiger partial charge in [0.1, 0.15) is 6.07 Å². The van der Waals surface area contributed by atoms with Crippen LogP contribution in [0.1, 0.15) is 0 Å². The first-order valence-electron chi connectivity index (χ1n) is 3.46. The molecule has 0 bridgehead atoms. The number of nitrogens with zero attached hydrogens (tertiary/aromatic N) is 3. The molecule has 66 valence electrons. The third kappa shape index (κ3) is 3.68. The molecule has 1 saturated heterocycles. The van der Waals surface area contributed by atoms with Crippen molar-refractivity contribution >= 4 is 40.7 Å². The number of rotatable bonds is 2. The van der Waals surface area contributed by atoms with E-state index in [2.05, 4.69) is 8.70 Å². The van der Waals surface area contributed by atoms with Crippen LogP contribution in [0.25, 0.3) is 0 Å². The third-order valence-electron chi connectivity index (χ3n) is 1.30. The Morgan fingerprint density at radius 2 is 2.25 bits per heavy atom. The van der Waals surface area contributed by atoms with E-state index in [1.165, 1.54) is 12.1 Å². The summed E-state index contributed by atoms with van der Waals surface area (Å²) in [5, 5.41) is 8.33. The summed E-state index contributed by atoms with van der Waals surface area (Å²) in [6.45, 7) is 2.02. The summed E-state index contributed by atoms with van der Waals surface area (Å²) >= 11 is 8.64. The molecule has 0 atom stereocenters. The second kappa shape index (κ2) is 5.70. The van der Waals surface area contributed by atoms with Crippen molar-refractivity contribution in [3.05, 3.63) is 0 Å². The predicted molar refractivity (Wildman–Crippen MR) is 55.4 cm³/mol. The minimum Gasteiger partial charge on any atom is -0.229 e. The van der Waals surface area contributed by atoms with Crippen LogP contribution >= 0.6 is 35.5 Å². The van der Waals surface area contributed by atoms with E-state index in [1.54, 1.807) is 6.07 Å². The van der Waals surface area contributed by atoms with Crippen LogP contribution in [0.3, 0.4) is 0 Å². The Balaban J connectivity index is 2.26. The highest BCUT2D eigenvalue weighted by atomic mass is 35.5. The van der Waals surface area contributed by atoms with Gasteiger partial charge < -0.3 is 0 Å². The van der Waals surface area contributed by atoms with Crippen molar-refractivity contribution in [3.8, 4) is 6.07 Å². The Labute approximate surface area is 85.4 Å². The zero-order valence-electron chi connectivity index (χ0n) is 6.36. The van der Waals surface area contributed by atoms with Crippen LogP contribution in [0.15, 0.2) is 4.40 Å². The maximum absolute atomic E-state index is 8.32. The molecule has 0 spiro atoms. The lowest BCUT2D eigenvalue weighted by molar-refractivity contribution is 0.522. The summed E-state index contributed by atoms with van der Waals surface area (Å²) in [7, 11) is 0. The summed E-state index contributed by atoms with van der Waals surface area (Å²) in [6, 6.07) is 1.77. The summed E-state index contributed by atoms with van der Waals surface area (Å²) in [4.78, 5) is 0. The first-order valence-corrected chi connectivity index (χ1v) is 5.72. The Morgan fingerprint density at radius 3 is 2.83 bits per heavy atom. The van der Waals surface area contributed by atoms with Crippen LogP contribution < -0.4 is 0 Å². The fourth-order valence-corrected chi connectivity index (χ4v) is 2.54. The van der Waals surface area contributed by atoms with Crippen molar-refractivity contribution in [3.63, 3.8) is 0 Å². The molecular weight excluding hydrogens is 214 g/mol. The molecule has 0 aliphatic carbocycles. The van der Waals surface area contributed by atoms with Crippen molar-refractivity contribution in [2.75, 3.05) is 24.6 Å². The molecule has 0 unspecified atom stereocenters. The van der Waals surface area contributed by atoms with Gasteiger partial charge >= 0.3 is 0 Å². The monoisotopic (exact) mass is 221 g/mol. The molecule has 1 fully saturated rings. The van der Waals surface area contributed by atoms with E-state index >= 15 is 0 Å². The van der Waals surface area contributed by atoms with Gasteiger partial charge in [0.05, 0.1) is 12.1 Å². The smallest absolute Gasteiger partial charge is 0.215 e. The predicted octanol–water partition coefficient (Wildman–Crippen LogP) is 1.76. The average Bonchev–Trinajstić information content (AvgIpc) is 2.16. The molecule has 1 aliphatic heterocycles. The molecule has 0 aromatic heterocycles. The van der Waals surface area contributed by atoms with Crippen molar-refractivity contribution in [2.45, 2.75) is 0 Å². The van der Waals surface area contributed by atoms with Crippen molar-refractivity contribution in [2.24, 2.45) is 4.40 Å². The lowest BCUT2D eigenvalue weighted by Gasteiger charge is -2.21. The zero-order chi connectivity index (χ0) is 8.81. The van der Waals surface area contributed by atoms with E-state index in [1.807, 2.05) is 11.8 Å². The number of halogens is 1. The standard InChI is InChI=1S/C6H8ClN3S2/c7-6(5-8)9-12-10-1-3-11-4-2-10/h1-4H2/b9-6-. The molecule has 0 aromatic rings. The number of nitriles is 1. The fourth-order valence-electron chi connectivity index (χ4n) is 0.742. The summed E-state index contributed by atoms with van der Waals surface area (Å²) in [6.07, 6.45) is 0. The van der Waals surface area contributed by atoms with Crippen LogP contribution in [0, 0.1) is 11.3 Å². The van der Waals surface area contributed by atoms with Crippen LogP contribution in [0.2, 0.25) is 0 Å². The largest absolute Gasteiger partial charge is 0.229 e. The molecule has 6 heteroatoms. The quantitative estimate of drug-likeness (QED) is 0.526. The van der Waals surface area contributed by atoms with Gasteiger partial charge in [-0.2, -0.15) is 21.4 Å². The minimum absolute atomic E-state index is 0.0122. The summed E-state index contributed by atoms with van der Waals surface area (Å²) in [5.74, 6) is 2.26. The van der Waals surface area contributed by atoms with Gasteiger partial charge in [-0.15, -0.1) is 0 Å². The number of hydrogen-bond acceptors (Lipinski definition) is 5. The van der Waals surface area contributed by atoms with E-state index < -0.39 is 0 Å². The van der Waals surface area contributed by atoms with Gasteiger partial charge in [-0.3, -0.25) is 0 Å². The summed E-state index contributed by atoms with van der Waals surface area (Å²) in [5.41, 5.74) is 0. The second-order valence-electron chi connectivity index (χ2n) is 2.12. The van der Waals surface area contributed by atoms with Gasteiger partial charge in [-0.25, -0.2) is 4.31 Å². The van der Waals surface area contributed by atoms with Crippen LogP contribution in [-0.2, 0) is 0 Å². The van der Waals surface area contributed by atoms with Crippen LogP contribution in [-0.4, -0.2) is 34.1 Å². The van der Waals surface area contributed by atoms with Gasteiger partial charge in [0.2, 0.25) is 5.17 Å². The molecule has 12 heavy (non-hydrogen) atoms. The highest BCUT2D eigenvalue weighted by molar-refractivity contribution is 7.99. The Kier molecular flexibility index (Phi) is 4.84. The molecule has 1 heterocycles. The second-order valence-corrected chi connectivity index (χ2v) is 4.56.